The number of nitrogens with one attached hydrogen (secondary N) is 2. The molecule has 36 heavy (non-hydrogen) atoms. The Bertz CT molecular complexity index is 1480. The number of carboxylic acids is 1. The van der Waals surface area contributed by atoms with Crippen molar-refractivity contribution in [3.63, 3.8) is 0 Å². The monoisotopic (exact) mass is 514 g/mol. The molecule has 1 aliphatic carbocycles. The van der Waals surface area contributed by atoms with Gasteiger partial charge in [0, 0.05) is 9.97 Å². The molecule has 3 aromatic rings. The van der Waals surface area contributed by atoms with Crippen LogP contribution in [0.5, 0.6) is 11.5 Å². The van der Waals surface area contributed by atoms with Crippen LogP contribution in [-0.4, -0.2) is 38.7 Å². The van der Waals surface area contributed by atoms with Crippen LogP contribution in [0.3, 0.4) is 0 Å². The van der Waals surface area contributed by atoms with Crippen LogP contribution < -0.4 is 19.5 Å². The Morgan fingerprint density at radius 3 is 2.42 bits per heavy atom. The van der Waals surface area contributed by atoms with Crippen LogP contribution in [0.1, 0.15) is 28.2 Å². The molecule has 9 nitrogen and oxygen atoms in total. The molecule has 1 amide bonds. The third kappa shape index (κ3) is 4.52. The van der Waals surface area contributed by atoms with Gasteiger partial charge in [0.1, 0.15) is 6.54 Å². The van der Waals surface area contributed by atoms with Gasteiger partial charge in [-0.2, -0.15) is 4.72 Å². The Labute approximate surface area is 212 Å². The van der Waals surface area contributed by atoms with E-state index >= 15 is 0 Å². The number of benzene rings is 3. The zero-order chi connectivity index (χ0) is 25.5. The molecular formula is C26H30N2O7S. The number of rotatable bonds is 8. The van der Waals surface area contributed by atoms with Crippen molar-refractivity contribution >= 4 is 27.6 Å². The van der Waals surface area contributed by atoms with Crippen molar-refractivity contribution in [1.82, 2.24) is 4.72 Å². The molecule has 0 unspecified atom stereocenters. The number of fused-ring (bicyclic) bond motifs is 1. The lowest BCUT2D eigenvalue weighted by Crippen LogP contribution is -2.29. The van der Waals surface area contributed by atoms with E-state index < -0.39 is 28.0 Å². The van der Waals surface area contributed by atoms with Gasteiger partial charge in [-0.1, -0.05) is 24.3 Å². The highest BCUT2D eigenvalue weighted by Gasteiger charge is 2.51. The van der Waals surface area contributed by atoms with Crippen molar-refractivity contribution in [1.29, 1.82) is 0 Å². The minimum atomic E-state index is -3.93. The molecule has 0 aromatic heterocycles. The molecular weight excluding hydrogens is 484 g/mol. The number of hydrogen-bond donors (Lipinski definition) is 3. The maximum atomic E-state index is 13.3. The number of carbonyl (C=O) groups is 2. The largest absolute Gasteiger partial charge is 0.480 e. The zero-order valence-electron chi connectivity index (χ0n) is 19.4. The van der Waals surface area contributed by atoms with Crippen molar-refractivity contribution in [3.8, 4) is 22.6 Å². The summed E-state index contributed by atoms with van der Waals surface area (Å²) in [6.45, 7) is 1.41. The van der Waals surface area contributed by atoms with Crippen molar-refractivity contribution in [2.75, 3.05) is 18.7 Å². The zero-order valence-corrected chi connectivity index (χ0v) is 20.2. The number of carboxylic acid groups (broad SMARTS) is 1. The summed E-state index contributed by atoms with van der Waals surface area (Å²) >= 11 is 0. The molecule has 5 rings (SSSR count). The van der Waals surface area contributed by atoms with Gasteiger partial charge >= 0.3 is 5.97 Å². The fourth-order valence-electron chi connectivity index (χ4n) is 4.28. The number of sulfonamides is 1. The Morgan fingerprint density at radius 2 is 1.72 bits per heavy atom. The summed E-state index contributed by atoms with van der Waals surface area (Å²) in [4.78, 5) is 23.9. The normalized spacial score (nSPS) is 15.4. The Morgan fingerprint density at radius 1 is 1.00 bits per heavy atom. The maximum absolute atomic E-state index is 13.3. The molecule has 0 radical (unpaired) electrons. The third-order valence-electron chi connectivity index (χ3n) is 6.49. The average Bonchev–Trinajstić information content (AvgIpc) is 3.55. The van der Waals surface area contributed by atoms with Crippen molar-refractivity contribution in [2.24, 2.45) is 0 Å². The van der Waals surface area contributed by atoms with Crippen LogP contribution in [0.2, 0.25) is 0 Å². The second kappa shape index (κ2) is 8.96. The van der Waals surface area contributed by atoms with E-state index in [0.717, 1.165) is 35.1 Å². The molecule has 1 aliphatic heterocycles. The number of aliphatic carboxylic acids is 1. The first-order chi connectivity index (χ1) is 17.2. The van der Waals surface area contributed by atoms with Crippen LogP contribution in [0.25, 0.3) is 11.1 Å². The molecule has 10 heteroatoms. The molecule has 1 saturated carbocycles. The van der Waals surface area contributed by atoms with E-state index in [1.54, 1.807) is 12.1 Å². The van der Waals surface area contributed by atoms with E-state index in [4.69, 9.17) is 14.6 Å². The summed E-state index contributed by atoms with van der Waals surface area (Å²) in [5, 5.41) is 11.8. The fraction of sp³-hybridized carbons (Fsp3) is 0.231. The Hall–Kier alpha value is -3.89. The quantitative estimate of drug-likeness (QED) is 0.411. The number of aryl methyl sites for hydroxylation is 1. The van der Waals surface area contributed by atoms with Gasteiger partial charge in [0.15, 0.2) is 11.5 Å². The van der Waals surface area contributed by atoms with E-state index in [1.165, 1.54) is 12.1 Å². The lowest BCUT2D eigenvalue weighted by molar-refractivity contribution is -0.135. The molecule has 3 aromatic carbocycles. The number of amides is 1. The fourth-order valence-corrected chi connectivity index (χ4v) is 5.26. The molecule has 0 bridgehead atoms. The van der Waals surface area contributed by atoms with Gasteiger partial charge < -0.3 is 19.9 Å². The van der Waals surface area contributed by atoms with Gasteiger partial charge in [-0.25, -0.2) is 8.42 Å². The smallest absolute Gasteiger partial charge is 0.318 e. The second-order valence-corrected chi connectivity index (χ2v) is 10.6. The van der Waals surface area contributed by atoms with Gasteiger partial charge in [0.25, 0.3) is 0 Å². The molecule has 0 spiro atoms. The second-order valence-electron chi connectivity index (χ2n) is 8.88. The summed E-state index contributed by atoms with van der Waals surface area (Å²) in [5.41, 5.74) is 3.47. The van der Waals surface area contributed by atoms with Gasteiger partial charge in [-0.05, 0) is 78.4 Å². The van der Waals surface area contributed by atoms with Gasteiger partial charge in [-0.3, -0.25) is 9.59 Å². The topological polar surface area (TPSA) is 131 Å². The summed E-state index contributed by atoms with van der Waals surface area (Å²) in [7, 11) is -3.93. The van der Waals surface area contributed by atoms with E-state index in [0.29, 0.717) is 17.2 Å². The van der Waals surface area contributed by atoms with E-state index in [1.807, 2.05) is 48.0 Å². The van der Waals surface area contributed by atoms with Crippen LogP contribution in [0, 0.1) is 6.92 Å². The lowest BCUT2D eigenvalue weighted by atomic mass is 9.94. The maximum Gasteiger partial charge on any atom is 0.318 e. The Kier molecular flexibility index (Phi) is 5.93. The third-order valence-corrected chi connectivity index (χ3v) is 7.91. The van der Waals surface area contributed by atoms with Crippen molar-refractivity contribution < 1.29 is 36.9 Å². The highest BCUT2D eigenvalue weighted by molar-refractivity contribution is 7.89. The first-order valence-electron chi connectivity index (χ1n) is 11.3. The SMILES string of the molecule is Cc1ccc(NC(=O)C2(c3ccc4c(c3)OCO4)CC2)cc1-c1ccc(S(=O)(=O)NCC(=O)O)cc1.[HH].[HH].[HH]. The minimum absolute atomic E-state index is 0. The summed E-state index contributed by atoms with van der Waals surface area (Å²) < 4.78 is 37.4. The van der Waals surface area contributed by atoms with Gasteiger partial charge in [-0.15, -0.1) is 0 Å². The summed E-state index contributed by atoms with van der Waals surface area (Å²) in [6.07, 6.45) is 1.48. The number of anilines is 1. The first-order valence-corrected chi connectivity index (χ1v) is 12.8. The summed E-state index contributed by atoms with van der Waals surface area (Å²) in [5.74, 6) is -0.0410. The highest BCUT2D eigenvalue weighted by atomic mass is 32.2. The predicted molar refractivity (Wildman–Crippen MR) is 138 cm³/mol. The van der Waals surface area contributed by atoms with Crippen LogP contribution in [0.4, 0.5) is 5.69 Å². The van der Waals surface area contributed by atoms with E-state index in [9.17, 15) is 18.0 Å². The molecule has 0 atom stereocenters. The standard InChI is InChI=1S/C26H24N2O7S.3H2/c1-16-2-6-19(13-21(16)17-3-7-20(8-4-17)36(32,33)27-14-24(29)30)28-25(31)26(10-11-26)18-5-9-22-23(12-18)35-15-34-22;;;/h2-9,12-13,27H,10-11,14-15H2,1H3,(H,28,31)(H,29,30);3*1H. The van der Waals surface area contributed by atoms with Crippen LogP contribution in [-0.2, 0) is 25.0 Å². The highest BCUT2D eigenvalue weighted by Crippen LogP contribution is 2.51. The number of hydrogen-bond acceptors (Lipinski definition) is 6. The Balaban J connectivity index is 0.00000178. The lowest BCUT2D eigenvalue weighted by Gasteiger charge is -2.17. The predicted octanol–water partition coefficient (Wildman–Crippen LogP) is 4.16. The summed E-state index contributed by atoms with van der Waals surface area (Å²) in [6, 6.07) is 17.3. The molecule has 2 aliphatic rings. The van der Waals surface area contributed by atoms with E-state index in [2.05, 4.69) is 5.32 Å². The molecule has 1 heterocycles. The molecule has 3 N–H and O–H groups in total. The number of carbonyl (C=O) groups excluding carboxylic acids is 1. The number of ether oxygens (including phenoxy) is 2. The average molecular weight is 515 g/mol. The van der Waals surface area contributed by atoms with Crippen molar-refractivity contribution in [3.05, 3.63) is 71.8 Å². The van der Waals surface area contributed by atoms with Crippen LogP contribution in [0.15, 0.2) is 65.6 Å². The van der Waals surface area contributed by atoms with Crippen LogP contribution >= 0.6 is 0 Å². The molecule has 192 valence electrons. The minimum Gasteiger partial charge on any atom is -0.480 e. The van der Waals surface area contributed by atoms with E-state index in [-0.39, 0.29) is 21.9 Å². The van der Waals surface area contributed by atoms with Gasteiger partial charge in [0.05, 0.1) is 10.3 Å². The molecule has 0 saturated heterocycles. The van der Waals surface area contributed by atoms with Gasteiger partial charge in [0.2, 0.25) is 22.7 Å². The first kappa shape index (κ1) is 23.8. The molecule has 1 fully saturated rings. The van der Waals surface area contributed by atoms with Crippen molar-refractivity contribution in [2.45, 2.75) is 30.1 Å².